The van der Waals surface area contributed by atoms with Gasteiger partial charge in [-0.25, -0.2) is 0 Å². The van der Waals surface area contributed by atoms with Gasteiger partial charge in [0, 0.05) is 30.4 Å². The summed E-state index contributed by atoms with van der Waals surface area (Å²) in [4.78, 5) is 23.9. The monoisotopic (exact) mass is 318 g/mol. The van der Waals surface area contributed by atoms with E-state index in [-0.39, 0.29) is 0 Å². The van der Waals surface area contributed by atoms with Crippen LogP contribution in [0.15, 0.2) is 30.4 Å². The Bertz CT molecular complexity index is 576. The molecule has 124 valence electrons. The first-order valence-corrected chi connectivity index (χ1v) is 7.59. The smallest absolute Gasteiger partial charge is 0.313 e. The molecule has 0 aliphatic heterocycles. The zero-order valence-electron chi connectivity index (χ0n) is 13.4. The normalized spacial score (nSPS) is 16.5. The van der Waals surface area contributed by atoms with Gasteiger partial charge in [-0.05, 0) is 25.2 Å². The summed E-state index contributed by atoms with van der Waals surface area (Å²) in [7, 11) is 3.04. The van der Waals surface area contributed by atoms with Crippen LogP contribution in [0.2, 0.25) is 0 Å². The van der Waals surface area contributed by atoms with E-state index >= 15 is 0 Å². The van der Waals surface area contributed by atoms with E-state index in [2.05, 4.69) is 22.8 Å². The van der Waals surface area contributed by atoms with Gasteiger partial charge in [0.2, 0.25) is 0 Å². The van der Waals surface area contributed by atoms with Crippen molar-refractivity contribution in [3.8, 4) is 11.5 Å². The van der Waals surface area contributed by atoms with Crippen LogP contribution in [0.25, 0.3) is 0 Å². The van der Waals surface area contributed by atoms with Crippen LogP contribution in [0.1, 0.15) is 19.3 Å². The molecule has 2 amide bonds. The summed E-state index contributed by atoms with van der Waals surface area (Å²) in [6.45, 7) is 0.512. The molecule has 0 radical (unpaired) electrons. The zero-order valence-corrected chi connectivity index (χ0v) is 13.4. The number of allylic oxidation sites excluding steroid dienone is 2. The second-order valence-corrected chi connectivity index (χ2v) is 5.42. The quantitative estimate of drug-likeness (QED) is 0.644. The minimum absolute atomic E-state index is 0.397. The maximum absolute atomic E-state index is 12.0. The first-order chi connectivity index (χ1) is 11.1. The lowest BCUT2D eigenvalue weighted by molar-refractivity contribution is -0.136. The Labute approximate surface area is 135 Å². The van der Waals surface area contributed by atoms with Crippen molar-refractivity contribution in [3.63, 3.8) is 0 Å². The van der Waals surface area contributed by atoms with Gasteiger partial charge >= 0.3 is 11.8 Å². The van der Waals surface area contributed by atoms with Crippen molar-refractivity contribution >= 4 is 17.5 Å². The highest BCUT2D eigenvalue weighted by Gasteiger charge is 2.17. The molecule has 1 aliphatic carbocycles. The van der Waals surface area contributed by atoms with Crippen molar-refractivity contribution in [2.75, 3.05) is 26.1 Å². The molecule has 6 heteroatoms. The summed E-state index contributed by atoms with van der Waals surface area (Å²) in [5, 5.41) is 5.24. The lowest BCUT2D eigenvalue weighted by Gasteiger charge is -2.17. The van der Waals surface area contributed by atoms with Crippen LogP contribution in [-0.2, 0) is 9.59 Å². The fourth-order valence-electron chi connectivity index (χ4n) is 2.43. The molecule has 0 aromatic heterocycles. The number of benzene rings is 1. The minimum atomic E-state index is -0.702. The fourth-order valence-corrected chi connectivity index (χ4v) is 2.43. The summed E-state index contributed by atoms with van der Waals surface area (Å²) < 4.78 is 10.3. The molecule has 1 unspecified atom stereocenters. The number of carbonyl (C=O) groups excluding carboxylic acids is 2. The molecular weight excluding hydrogens is 296 g/mol. The van der Waals surface area contributed by atoms with E-state index < -0.39 is 11.8 Å². The lowest BCUT2D eigenvalue weighted by atomic mass is 9.94. The van der Waals surface area contributed by atoms with Crippen LogP contribution in [0, 0.1) is 5.92 Å². The summed E-state index contributed by atoms with van der Waals surface area (Å²) in [5.41, 5.74) is 0.446. The molecule has 0 saturated carbocycles. The van der Waals surface area contributed by atoms with E-state index in [0.717, 1.165) is 19.3 Å². The predicted octanol–water partition coefficient (Wildman–Crippen LogP) is 2.11. The summed E-state index contributed by atoms with van der Waals surface area (Å²) >= 11 is 0. The predicted molar refractivity (Wildman–Crippen MR) is 87.7 cm³/mol. The van der Waals surface area contributed by atoms with Crippen molar-refractivity contribution in [1.29, 1.82) is 0 Å². The van der Waals surface area contributed by atoms with E-state index in [1.807, 2.05) is 0 Å². The summed E-state index contributed by atoms with van der Waals surface area (Å²) in [6, 6.07) is 4.94. The first kappa shape index (κ1) is 16.9. The number of amides is 2. The molecule has 0 spiro atoms. The Hall–Kier alpha value is -2.50. The molecule has 2 rings (SSSR count). The molecule has 1 aromatic rings. The van der Waals surface area contributed by atoms with Gasteiger partial charge in [0.15, 0.2) is 0 Å². The summed E-state index contributed by atoms with van der Waals surface area (Å²) in [6.07, 6.45) is 7.25. The molecule has 0 saturated heterocycles. The van der Waals surface area contributed by atoms with Gasteiger partial charge in [-0.3, -0.25) is 9.59 Å². The Morgan fingerprint density at radius 2 is 1.78 bits per heavy atom. The third-order valence-corrected chi connectivity index (χ3v) is 3.74. The average Bonchev–Trinajstić information content (AvgIpc) is 2.60. The van der Waals surface area contributed by atoms with Gasteiger partial charge in [-0.1, -0.05) is 12.2 Å². The second-order valence-electron chi connectivity index (χ2n) is 5.42. The molecular formula is C17H22N2O4. The third kappa shape index (κ3) is 5.02. The fraction of sp³-hybridized carbons (Fsp3) is 0.412. The van der Waals surface area contributed by atoms with Gasteiger partial charge in [-0.15, -0.1) is 0 Å². The van der Waals surface area contributed by atoms with Gasteiger partial charge in [0.25, 0.3) is 0 Å². The number of hydrogen-bond donors (Lipinski definition) is 2. The van der Waals surface area contributed by atoms with Crippen molar-refractivity contribution in [2.45, 2.75) is 19.3 Å². The highest BCUT2D eigenvalue weighted by molar-refractivity contribution is 6.39. The molecule has 0 fully saturated rings. The maximum atomic E-state index is 12.0. The number of rotatable bonds is 5. The topological polar surface area (TPSA) is 76.7 Å². The number of carbonyl (C=O) groups is 2. The Morgan fingerprint density at radius 3 is 2.35 bits per heavy atom. The molecule has 6 nitrogen and oxygen atoms in total. The molecule has 1 atom stereocenters. The number of methoxy groups -OCH3 is 2. The molecule has 23 heavy (non-hydrogen) atoms. The van der Waals surface area contributed by atoms with Crippen LogP contribution in [0.3, 0.4) is 0 Å². The number of nitrogens with one attached hydrogen (secondary N) is 2. The van der Waals surface area contributed by atoms with Crippen molar-refractivity contribution in [1.82, 2.24) is 5.32 Å². The van der Waals surface area contributed by atoms with Crippen LogP contribution in [0.5, 0.6) is 11.5 Å². The van der Waals surface area contributed by atoms with Crippen LogP contribution < -0.4 is 20.1 Å². The van der Waals surface area contributed by atoms with Gasteiger partial charge in [0.1, 0.15) is 11.5 Å². The van der Waals surface area contributed by atoms with Gasteiger partial charge in [-0.2, -0.15) is 0 Å². The van der Waals surface area contributed by atoms with E-state index in [9.17, 15) is 9.59 Å². The standard InChI is InChI=1S/C17H22N2O4/c1-22-14-8-13(9-15(10-14)23-2)19-17(21)16(20)18-11-12-6-4-3-5-7-12/h3-4,8-10,12H,5-7,11H2,1-2H3,(H,18,20)(H,19,21). The van der Waals surface area contributed by atoms with E-state index in [0.29, 0.717) is 29.6 Å². The van der Waals surface area contributed by atoms with E-state index in [1.54, 1.807) is 18.2 Å². The van der Waals surface area contributed by atoms with Crippen LogP contribution in [-0.4, -0.2) is 32.6 Å². The Balaban J connectivity index is 1.90. The SMILES string of the molecule is COc1cc(NC(=O)C(=O)NCC2CC=CCC2)cc(OC)c1. The number of ether oxygens (including phenoxy) is 2. The minimum Gasteiger partial charge on any atom is -0.497 e. The summed E-state index contributed by atoms with van der Waals surface area (Å²) in [5.74, 6) is 0.129. The lowest BCUT2D eigenvalue weighted by Crippen LogP contribution is -2.38. The highest BCUT2D eigenvalue weighted by atomic mass is 16.5. The van der Waals surface area contributed by atoms with Crippen molar-refractivity contribution in [2.24, 2.45) is 5.92 Å². The molecule has 1 aromatic carbocycles. The van der Waals surface area contributed by atoms with Crippen molar-refractivity contribution in [3.05, 3.63) is 30.4 Å². The molecule has 2 N–H and O–H groups in total. The highest BCUT2D eigenvalue weighted by Crippen LogP contribution is 2.25. The van der Waals surface area contributed by atoms with Crippen LogP contribution in [0.4, 0.5) is 5.69 Å². The maximum Gasteiger partial charge on any atom is 0.313 e. The molecule has 0 bridgehead atoms. The third-order valence-electron chi connectivity index (χ3n) is 3.74. The molecule has 1 aliphatic rings. The number of anilines is 1. The van der Waals surface area contributed by atoms with Gasteiger partial charge < -0.3 is 20.1 Å². The largest absolute Gasteiger partial charge is 0.497 e. The first-order valence-electron chi connectivity index (χ1n) is 7.59. The zero-order chi connectivity index (χ0) is 16.7. The van der Waals surface area contributed by atoms with E-state index in [4.69, 9.17) is 9.47 Å². The Morgan fingerprint density at radius 1 is 1.09 bits per heavy atom. The van der Waals surface area contributed by atoms with Crippen molar-refractivity contribution < 1.29 is 19.1 Å². The van der Waals surface area contributed by atoms with Crippen LogP contribution >= 0.6 is 0 Å². The number of hydrogen-bond acceptors (Lipinski definition) is 4. The van der Waals surface area contributed by atoms with Gasteiger partial charge in [0.05, 0.1) is 14.2 Å². The van der Waals surface area contributed by atoms with E-state index in [1.165, 1.54) is 14.2 Å². The Kier molecular flexibility index (Phi) is 6.02. The second kappa shape index (κ2) is 8.22. The average molecular weight is 318 g/mol. The molecule has 0 heterocycles.